The average Bonchev–Trinajstić information content (AvgIpc) is 2.85. The average molecular weight is 237 g/mol. The van der Waals surface area contributed by atoms with Crippen LogP contribution in [0.2, 0.25) is 0 Å². The van der Waals surface area contributed by atoms with E-state index in [9.17, 15) is 0 Å². The summed E-state index contributed by atoms with van der Waals surface area (Å²) in [5, 5.41) is 5.33. The maximum atomic E-state index is 5.79. The molecule has 0 aliphatic rings. The molecule has 2 heterocycles. The van der Waals surface area contributed by atoms with E-state index >= 15 is 0 Å². The second kappa shape index (κ2) is 4.71. The van der Waals surface area contributed by atoms with Crippen LogP contribution in [0.5, 0.6) is 0 Å². The number of aryl methyl sites for hydroxylation is 2. The molecule has 0 aliphatic carbocycles. The molecule has 2 aromatic heterocycles. The van der Waals surface area contributed by atoms with Crippen molar-refractivity contribution in [3.8, 4) is 0 Å². The standard InChI is InChI=1S/C10H15N5S/c1-14-4-3-12-10(14)16-9(5-11)8-6-13-15(2)7-8/h3-4,6-7,9H,5,11H2,1-2H3. The van der Waals surface area contributed by atoms with E-state index in [2.05, 4.69) is 10.1 Å². The maximum Gasteiger partial charge on any atom is 0.168 e. The molecule has 5 nitrogen and oxygen atoms in total. The lowest BCUT2D eigenvalue weighted by molar-refractivity contribution is 0.765. The van der Waals surface area contributed by atoms with Crippen LogP contribution in [0.4, 0.5) is 0 Å². The normalized spacial score (nSPS) is 12.9. The number of aromatic nitrogens is 4. The Kier molecular flexibility index (Phi) is 3.31. The molecule has 1 unspecified atom stereocenters. The highest BCUT2D eigenvalue weighted by Gasteiger charge is 2.15. The lowest BCUT2D eigenvalue weighted by Crippen LogP contribution is -2.09. The summed E-state index contributed by atoms with van der Waals surface area (Å²) in [4.78, 5) is 4.28. The third-order valence-electron chi connectivity index (χ3n) is 2.34. The van der Waals surface area contributed by atoms with Gasteiger partial charge in [0.25, 0.3) is 0 Å². The van der Waals surface area contributed by atoms with Crippen LogP contribution in [0.3, 0.4) is 0 Å². The first-order valence-electron chi connectivity index (χ1n) is 5.03. The summed E-state index contributed by atoms with van der Waals surface area (Å²) in [5.74, 6) is 0. The fraction of sp³-hybridized carbons (Fsp3) is 0.400. The Bertz CT molecular complexity index is 461. The van der Waals surface area contributed by atoms with Gasteiger partial charge in [-0.05, 0) is 0 Å². The summed E-state index contributed by atoms with van der Waals surface area (Å²) in [6.45, 7) is 0.573. The van der Waals surface area contributed by atoms with Gasteiger partial charge < -0.3 is 10.3 Å². The highest BCUT2D eigenvalue weighted by molar-refractivity contribution is 7.99. The van der Waals surface area contributed by atoms with Gasteiger partial charge in [-0.15, -0.1) is 0 Å². The minimum absolute atomic E-state index is 0.204. The van der Waals surface area contributed by atoms with Crippen LogP contribution >= 0.6 is 11.8 Å². The predicted molar refractivity (Wildman–Crippen MR) is 64.1 cm³/mol. The minimum Gasteiger partial charge on any atom is -0.329 e. The Hall–Kier alpha value is -1.27. The van der Waals surface area contributed by atoms with Crippen LogP contribution in [0.15, 0.2) is 29.9 Å². The first kappa shape index (κ1) is 11.2. The molecule has 0 bridgehead atoms. The fourth-order valence-electron chi connectivity index (χ4n) is 1.45. The maximum absolute atomic E-state index is 5.79. The van der Waals surface area contributed by atoms with Gasteiger partial charge in [-0.1, -0.05) is 11.8 Å². The Labute approximate surface area is 98.7 Å². The summed E-state index contributed by atoms with van der Waals surface area (Å²) in [7, 11) is 3.88. The van der Waals surface area contributed by atoms with Gasteiger partial charge in [0.2, 0.25) is 0 Å². The van der Waals surface area contributed by atoms with Crippen molar-refractivity contribution in [2.24, 2.45) is 19.8 Å². The van der Waals surface area contributed by atoms with Gasteiger partial charge in [-0.3, -0.25) is 4.68 Å². The fourth-order valence-corrected chi connectivity index (χ4v) is 2.41. The molecular weight excluding hydrogens is 222 g/mol. The van der Waals surface area contributed by atoms with E-state index in [1.807, 2.05) is 37.3 Å². The third kappa shape index (κ3) is 2.28. The molecule has 86 valence electrons. The highest BCUT2D eigenvalue weighted by Crippen LogP contribution is 2.32. The number of nitrogens with two attached hydrogens (primary N) is 1. The second-order valence-electron chi connectivity index (χ2n) is 3.61. The molecule has 0 saturated carbocycles. The summed E-state index contributed by atoms with van der Waals surface area (Å²) < 4.78 is 3.78. The Morgan fingerprint density at radius 1 is 1.50 bits per heavy atom. The molecule has 0 aliphatic heterocycles. The summed E-state index contributed by atoms with van der Waals surface area (Å²) in [6.07, 6.45) is 7.57. The third-order valence-corrected chi connectivity index (χ3v) is 3.69. The van der Waals surface area contributed by atoms with Crippen LogP contribution < -0.4 is 5.73 Å². The van der Waals surface area contributed by atoms with Gasteiger partial charge in [0, 0.05) is 44.8 Å². The van der Waals surface area contributed by atoms with Crippen molar-refractivity contribution < 1.29 is 0 Å². The monoisotopic (exact) mass is 237 g/mol. The van der Waals surface area contributed by atoms with E-state index in [0.717, 1.165) is 10.7 Å². The lowest BCUT2D eigenvalue weighted by Gasteiger charge is -2.11. The lowest BCUT2D eigenvalue weighted by atomic mass is 10.2. The van der Waals surface area contributed by atoms with Crippen molar-refractivity contribution in [3.63, 3.8) is 0 Å². The van der Waals surface area contributed by atoms with Gasteiger partial charge in [0.15, 0.2) is 5.16 Å². The zero-order valence-corrected chi connectivity index (χ0v) is 10.2. The van der Waals surface area contributed by atoms with E-state index in [1.165, 1.54) is 0 Å². The molecule has 16 heavy (non-hydrogen) atoms. The van der Waals surface area contributed by atoms with Crippen LogP contribution in [0, 0.1) is 0 Å². The number of nitrogens with zero attached hydrogens (tertiary/aromatic N) is 4. The Morgan fingerprint density at radius 3 is 2.81 bits per heavy atom. The molecule has 6 heteroatoms. The van der Waals surface area contributed by atoms with E-state index in [1.54, 1.807) is 22.6 Å². The summed E-state index contributed by atoms with van der Waals surface area (Å²) in [6, 6.07) is 0. The molecule has 1 atom stereocenters. The zero-order chi connectivity index (χ0) is 11.5. The molecular formula is C10H15N5S. The number of hydrogen-bond acceptors (Lipinski definition) is 4. The van der Waals surface area contributed by atoms with Gasteiger partial charge in [-0.25, -0.2) is 4.98 Å². The SMILES string of the molecule is Cn1cc(C(CN)Sc2nccn2C)cn1. The second-order valence-corrected chi connectivity index (χ2v) is 4.78. The topological polar surface area (TPSA) is 61.7 Å². The zero-order valence-electron chi connectivity index (χ0n) is 9.37. The highest BCUT2D eigenvalue weighted by atomic mass is 32.2. The molecule has 0 radical (unpaired) electrons. The molecule has 2 N–H and O–H groups in total. The Balaban J connectivity index is 2.15. The van der Waals surface area contributed by atoms with Crippen molar-refractivity contribution >= 4 is 11.8 Å². The van der Waals surface area contributed by atoms with E-state index in [4.69, 9.17) is 5.73 Å². The summed E-state index contributed by atoms with van der Waals surface area (Å²) >= 11 is 1.66. The molecule has 0 saturated heterocycles. The smallest absolute Gasteiger partial charge is 0.168 e. The van der Waals surface area contributed by atoms with Gasteiger partial charge >= 0.3 is 0 Å². The largest absolute Gasteiger partial charge is 0.329 e. The van der Waals surface area contributed by atoms with Crippen LogP contribution in [0.1, 0.15) is 10.8 Å². The van der Waals surface area contributed by atoms with E-state index in [0.29, 0.717) is 6.54 Å². The first-order valence-corrected chi connectivity index (χ1v) is 5.91. The molecule has 0 spiro atoms. The van der Waals surface area contributed by atoms with Crippen LogP contribution in [0.25, 0.3) is 0 Å². The number of imidazole rings is 1. The van der Waals surface area contributed by atoms with Crippen LogP contribution in [-0.4, -0.2) is 25.9 Å². The molecule has 2 rings (SSSR count). The van der Waals surface area contributed by atoms with Crippen LogP contribution in [-0.2, 0) is 14.1 Å². The molecule has 0 aromatic carbocycles. The van der Waals surface area contributed by atoms with Crippen molar-refractivity contribution in [2.45, 2.75) is 10.4 Å². The number of rotatable bonds is 4. The van der Waals surface area contributed by atoms with Gasteiger partial charge in [0.05, 0.1) is 11.4 Å². The van der Waals surface area contributed by atoms with Gasteiger partial charge in [0.1, 0.15) is 0 Å². The summed E-state index contributed by atoms with van der Waals surface area (Å²) in [5.41, 5.74) is 6.92. The van der Waals surface area contributed by atoms with Gasteiger partial charge in [-0.2, -0.15) is 5.10 Å². The van der Waals surface area contributed by atoms with Crippen molar-refractivity contribution in [1.82, 2.24) is 19.3 Å². The predicted octanol–water partition coefficient (Wildman–Crippen LogP) is 0.946. The first-order chi connectivity index (χ1) is 7.70. The molecule has 0 amide bonds. The van der Waals surface area contributed by atoms with E-state index in [-0.39, 0.29) is 5.25 Å². The van der Waals surface area contributed by atoms with Crippen molar-refractivity contribution in [2.75, 3.05) is 6.54 Å². The molecule has 0 fully saturated rings. The Morgan fingerprint density at radius 2 is 2.31 bits per heavy atom. The van der Waals surface area contributed by atoms with E-state index < -0.39 is 0 Å². The number of hydrogen-bond donors (Lipinski definition) is 1. The quantitative estimate of drug-likeness (QED) is 0.804. The van der Waals surface area contributed by atoms with Crippen molar-refractivity contribution in [1.29, 1.82) is 0 Å². The molecule has 2 aromatic rings. The number of thioether (sulfide) groups is 1. The van der Waals surface area contributed by atoms with Crippen molar-refractivity contribution in [3.05, 3.63) is 30.4 Å². The minimum atomic E-state index is 0.204.